The number of nitrogens with one attached hydrogen (secondary N) is 3. The third-order valence-electron chi connectivity index (χ3n) is 5.45. The average molecular weight is 396 g/mol. The molecule has 0 aromatic heterocycles. The molecule has 29 heavy (non-hydrogen) atoms. The highest BCUT2D eigenvalue weighted by molar-refractivity contribution is 5.89. The summed E-state index contributed by atoms with van der Waals surface area (Å²) in [5.41, 5.74) is 3.67. The molecule has 2 aromatic carbocycles. The molecule has 2 aromatic rings. The molecule has 1 heterocycles. The van der Waals surface area contributed by atoms with E-state index in [-0.39, 0.29) is 30.2 Å². The van der Waals surface area contributed by atoms with Crippen LogP contribution in [0.1, 0.15) is 41.5 Å². The van der Waals surface area contributed by atoms with Gasteiger partial charge < -0.3 is 21.1 Å². The second-order valence-corrected chi connectivity index (χ2v) is 7.84. The standard InChI is InChI=1S/C23H29N3O3/c1-14-9-15(2)21(27)19(10-14)13-25-22(28)16(3)26-23(29)20-11-18(12-24-20)17-7-5-4-6-8-17/h4-10,16,18,20,24,27H,11-13H2,1-3H3,(H,25,28)(H,26,29)/t16-,18-,20+/m0/s1. The highest BCUT2D eigenvalue weighted by Crippen LogP contribution is 2.26. The number of phenols is 1. The minimum absolute atomic E-state index is 0.166. The van der Waals surface area contributed by atoms with E-state index in [2.05, 4.69) is 28.1 Å². The molecular weight excluding hydrogens is 366 g/mol. The van der Waals surface area contributed by atoms with Crippen molar-refractivity contribution in [3.8, 4) is 5.75 Å². The Morgan fingerprint density at radius 3 is 2.66 bits per heavy atom. The molecular formula is C23H29N3O3. The molecule has 3 atom stereocenters. The molecule has 1 saturated heterocycles. The van der Waals surface area contributed by atoms with Crippen molar-refractivity contribution >= 4 is 11.8 Å². The van der Waals surface area contributed by atoms with Gasteiger partial charge in [0.1, 0.15) is 11.8 Å². The van der Waals surface area contributed by atoms with Gasteiger partial charge in [-0.1, -0.05) is 48.0 Å². The largest absolute Gasteiger partial charge is 0.507 e. The Morgan fingerprint density at radius 1 is 1.21 bits per heavy atom. The summed E-state index contributed by atoms with van der Waals surface area (Å²) in [6.45, 7) is 6.39. The maximum Gasteiger partial charge on any atom is 0.242 e. The van der Waals surface area contributed by atoms with Crippen LogP contribution in [-0.2, 0) is 16.1 Å². The number of benzene rings is 2. The molecule has 0 saturated carbocycles. The van der Waals surface area contributed by atoms with Crippen LogP contribution in [0, 0.1) is 13.8 Å². The van der Waals surface area contributed by atoms with Crippen LogP contribution in [0.25, 0.3) is 0 Å². The van der Waals surface area contributed by atoms with E-state index in [1.807, 2.05) is 44.2 Å². The predicted octanol–water partition coefficient (Wildman–Crippen LogP) is 2.28. The molecule has 1 fully saturated rings. The fourth-order valence-electron chi connectivity index (χ4n) is 3.81. The van der Waals surface area contributed by atoms with Gasteiger partial charge in [0.25, 0.3) is 0 Å². The molecule has 0 unspecified atom stereocenters. The summed E-state index contributed by atoms with van der Waals surface area (Å²) >= 11 is 0. The summed E-state index contributed by atoms with van der Waals surface area (Å²) in [6, 6.07) is 12.9. The number of phenolic OH excluding ortho intramolecular Hbond substituents is 1. The van der Waals surface area contributed by atoms with E-state index in [1.54, 1.807) is 6.92 Å². The molecule has 0 aliphatic carbocycles. The van der Waals surface area contributed by atoms with Crippen LogP contribution in [0.4, 0.5) is 0 Å². The molecule has 4 N–H and O–H groups in total. The van der Waals surface area contributed by atoms with Gasteiger partial charge in [0.2, 0.25) is 11.8 Å². The van der Waals surface area contributed by atoms with Crippen molar-refractivity contribution in [3.05, 3.63) is 64.7 Å². The van der Waals surface area contributed by atoms with Crippen LogP contribution in [0.15, 0.2) is 42.5 Å². The van der Waals surface area contributed by atoms with Crippen molar-refractivity contribution in [3.63, 3.8) is 0 Å². The Bertz CT molecular complexity index is 882. The normalized spacial score (nSPS) is 19.6. The second-order valence-electron chi connectivity index (χ2n) is 7.84. The number of amides is 2. The second kappa shape index (κ2) is 9.09. The van der Waals surface area contributed by atoms with Gasteiger partial charge in [-0.15, -0.1) is 0 Å². The Balaban J connectivity index is 1.50. The molecule has 0 radical (unpaired) electrons. The average Bonchev–Trinajstić information content (AvgIpc) is 3.20. The van der Waals surface area contributed by atoms with Gasteiger partial charge in [-0.2, -0.15) is 0 Å². The van der Waals surface area contributed by atoms with Crippen LogP contribution in [0.3, 0.4) is 0 Å². The van der Waals surface area contributed by atoms with Crippen molar-refractivity contribution in [2.75, 3.05) is 6.54 Å². The quantitative estimate of drug-likeness (QED) is 0.604. The Kier molecular flexibility index (Phi) is 6.54. The lowest BCUT2D eigenvalue weighted by molar-refractivity contribution is -0.129. The van der Waals surface area contributed by atoms with Crippen LogP contribution in [-0.4, -0.2) is 35.5 Å². The molecule has 6 heteroatoms. The number of hydrogen-bond donors (Lipinski definition) is 4. The summed E-state index contributed by atoms with van der Waals surface area (Å²) in [4.78, 5) is 25.0. The third kappa shape index (κ3) is 5.15. The zero-order valence-corrected chi connectivity index (χ0v) is 17.2. The van der Waals surface area contributed by atoms with Crippen molar-refractivity contribution < 1.29 is 14.7 Å². The molecule has 3 rings (SSSR count). The number of carbonyl (C=O) groups excluding carboxylic acids is 2. The SMILES string of the molecule is Cc1cc(C)c(O)c(CNC(=O)[C@H](C)NC(=O)[C@H]2C[C@H](c3ccccc3)CN2)c1. The Hall–Kier alpha value is -2.86. The lowest BCUT2D eigenvalue weighted by Crippen LogP contribution is -2.49. The van der Waals surface area contributed by atoms with Gasteiger partial charge >= 0.3 is 0 Å². The first-order chi connectivity index (χ1) is 13.8. The zero-order chi connectivity index (χ0) is 21.0. The minimum Gasteiger partial charge on any atom is -0.507 e. The number of aryl methyl sites for hydroxylation is 2. The fraction of sp³-hybridized carbons (Fsp3) is 0.391. The minimum atomic E-state index is -0.659. The molecule has 0 spiro atoms. The van der Waals surface area contributed by atoms with E-state index in [4.69, 9.17) is 0 Å². The first-order valence-corrected chi connectivity index (χ1v) is 10.0. The molecule has 0 bridgehead atoms. The summed E-state index contributed by atoms with van der Waals surface area (Å²) in [6.07, 6.45) is 0.709. The van der Waals surface area contributed by atoms with Crippen molar-refractivity contribution in [1.82, 2.24) is 16.0 Å². The lowest BCUT2D eigenvalue weighted by Gasteiger charge is -2.18. The summed E-state index contributed by atoms with van der Waals surface area (Å²) in [5.74, 6) is 0.0353. The molecule has 2 amide bonds. The summed E-state index contributed by atoms with van der Waals surface area (Å²) in [7, 11) is 0. The van der Waals surface area contributed by atoms with Crippen molar-refractivity contribution in [2.45, 2.75) is 51.7 Å². The highest BCUT2D eigenvalue weighted by atomic mass is 16.3. The highest BCUT2D eigenvalue weighted by Gasteiger charge is 2.31. The van der Waals surface area contributed by atoms with Gasteiger partial charge in [0.05, 0.1) is 6.04 Å². The lowest BCUT2D eigenvalue weighted by atomic mass is 9.96. The van der Waals surface area contributed by atoms with Crippen molar-refractivity contribution in [1.29, 1.82) is 0 Å². The van der Waals surface area contributed by atoms with Crippen molar-refractivity contribution in [2.24, 2.45) is 0 Å². The Labute approximate surface area is 171 Å². The number of carbonyl (C=O) groups is 2. The van der Waals surface area contributed by atoms with Crippen LogP contribution < -0.4 is 16.0 Å². The number of rotatable bonds is 6. The van der Waals surface area contributed by atoms with E-state index >= 15 is 0 Å². The fourth-order valence-corrected chi connectivity index (χ4v) is 3.81. The van der Waals surface area contributed by atoms with Gasteiger partial charge in [0.15, 0.2) is 0 Å². The molecule has 154 valence electrons. The maximum absolute atomic E-state index is 12.6. The molecule has 1 aliphatic heterocycles. The Morgan fingerprint density at radius 2 is 1.93 bits per heavy atom. The third-order valence-corrected chi connectivity index (χ3v) is 5.45. The van der Waals surface area contributed by atoms with Crippen LogP contribution in [0.5, 0.6) is 5.75 Å². The monoisotopic (exact) mass is 395 g/mol. The molecule has 6 nitrogen and oxygen atoms in total. The first-order valence-electron chi connectivity index (χ1n) is 10.0. The van der Waals surface area contributed by atoms with E-state index in [9.17, 15) is 14.7 Å². The van der Waals surface area contributed by atoms with Gasteiger partial charge in [-0.3, -0.25) is 9.59 Å². The zero-order valence-electron chi connectivity index (χ0n) is 17.2. The summed E-state index contributed by atoms with van der Waals surface area (Å²) in [5, 5.41) is 19.0. The van der Waals surface area contributed by atoms with E-state index < -0.39 is 6.04 Å². The topological polar surface area (TPSA) is 90.5 Å². The number of hydrogen-bond acceptors (Lipinski definition) is 4. The predicted molar refractivity (Wildman–Crippen MR) is 113 cm³/mol. The van der Waals surface area contributed by atoms with Gasteiger partial charge in [-0.05, 0) is 44.2 Å². The molecule has 1 aliphatic rings. The number of aromatic hydroxyl groups is 1. The van der Waals surface area contributed by atoms with Crippen LogP contribution >= 0.6 is 0 Å². The first kappa shape index (κ1) is 20.9. The van der Waals surface area contributed by atoms with Gasteiger partial charge in [-0.25, -0.2) is 0 Å². The van der Waals surface area contributed by atoms with E-state index in [1.165, 1.54) is 5.56 Å². The van der Waals surface area contributed by atoms with E-state index in [0.717, 1.165) is 17.7 Å². The van der Waals surface area contributed by atoms with E-state index in [0.29, 0.717) is 17.9 Å². The van der Waals surface area contributed by atoms with Crippen LogP contribution in [0.2, 0.25) is 0 Å². The van der Waals surface area contributed by atoms with Gasteiger partial charge in [0, 0.05) is 18.7 Å². The summed E-state index contributed by atoms with van der Waals surface area (Å²) < 4.78 is 0. The maximum atomic E-state index is 12.6. The smallest absolute Gasteiger partial charge is 0.242 e.